The lowest BCUT2D eigenvalue weighted by molar-refractivity contribution is 0.125. The first kappa shape index (κ1) is 13.8. The molecule has 0 spiro atoms. The van der Waals surface area contributed by atoms with Crippen molar-refractivity contribution in [2.75, 3.05) is 0 Å². The Morgan fingerprint density at radius 3 is 3.13 bits per heavy atom. The molecule has 4 heterocycles. The molecule has 0 aromatic carbocycles. The van der Waals surface area contributed by atoms with Crippen molar-refractivity contribution in [3.63, 3.8) is 0 Å². The average Bonchev–Trinajstić information content (AvgIpc) is 3.25. The van der Waals surface area contributed by atoms with Crippen molar-refractivity contribution in [3.05, 3.63) is 40.7 Å². The highest BCUT2D eigenvalue weighted by Gasteiger charge is 2.11. The highest BCUT2D eigenvalue weighted by atomic mass is 32.1. The van der Waals surface area contributed by atoms with Crippen molar-refractivity contribution in [1.82, 2.24) is 29.4 Å². The van der Waals surface area contributed by atoms with Crippen LogP contribution < -0.4 is 0 Å². The molecular formula is C14H13N7OS. The number of aromatic nitrogens is 6. The molecule has 9 heteroatoms. The van der Waals surface area contributed by atoms with E-state index in [2.05, 4.69) is 25.3 Å². The van der Waals surface area contributed by atoms with E-state index in [1.165, 1.54) is 0 Å². The van der Waals surface area contributed by atoms with Crippen molar-refractivity contribution in [3.8, 4) is 0 Å². The van der Waals surface area contributed by atoms with Crippen molar-refractivity contribution < 1.29 is 4.84 Å². The van der Waals surface area contributed by atoms with Crippen LogP contribution in [-0.4, -0.2) is 35.1 Å². The van der Waals surface area contributed by atoms with Gasteiger partial charge in [0.1, 0.15) is 6.33 Å². The summed E-state index contributed by atoms with van der Waals surface area (Å²) in [6.07, 6.45) is 3.35. The van der Waals surface area contributed by atoms with Gasteiger partial charge in [-0.05, 0) is 18.4 Å². The van der Waals surface area contributed by atoms with Crippen LogP contribution in [-0.2, 0) is 18.5 Å². The highest BCUT2D eigenvalue weighted by Crippen LogP contribution is 2.15. The molecule has 0 N–H and O–H groups in total. The maximum absolute atomic E-state index is 5.37. The Morgan fingerprint density at radius 2 is 2.30 bits per heavy atom. The zero-order valence-electron chi connectivity index (χ0n) is 12.5. The van der Waals surface area contributed by atoms with E-state index < -0.39 is 0 Å². The molecule has 23 heavy (non-hydrogen) atoms. The van der Waals surface area contributed by atoms with E-state index in [0.29, 0.717) is 11.5 Å². The first-order valence-corrected chi connectivity index (χ1v) is 7.83. The molecule has 0 aliphatic heterocycles. The summed E-state index contributed by atoms with van der Waals surface area (Å²) in [7, 11) is 1.84. The zero-order chi connectivity index (χ0) is 15.8. The van der Waals surface area contributed by atoms with E-state index in [1.807, 2.05) is 31.5 Å². The number of nitrogens with zero attached hydrogens (tertiary/aromatic N) is 7. The summed E-state index contributed by atoms with van der Waals surface area (Å²) in [6.45, 7) is 2.11. The predicted molar refractivity (Wildman–Crippen MR) is 86.4 cm³/mol. The van der Waals surface area contributed by atoms with Gasteiger partial charge < -0.3 is 4.84 Å². The van der Waals surface area contributed by atoms with Crippen LogP contribution in [0.25, 0.3) is 16.7 Å². The molecule has 4 aromatic heterocycles. The fraction of sp³-hybridized carbons (Fsp3) is 0.214. The van der Waals surface area contributed by atoms with Gasteiger partial charge in [0.25, 0.3) is 0 Å². The second kappa shape index (κ2) is 5.43. The molecule has 0 unspecified atom stereocenters. The van der Waals surface area contributed by atoms with Gasteiger partial charge >= 0.3 is 0 Å². The Balaban J connectivity index is 1.58. The topological polar surface area (TPSA) is 82.5 Å². The molecule has 0 saturated heterocycles. The van der Waals surface area contributed by atoms with Crippen LogP contribution in [0.1, 0.15) is 17.6 Å². The Labute approximate surface area is 135 Å². The van der Waals surface area contributed by atoms with Gasteiger partial charge in [-0.15, -0.1) is 16.4 Å². The van der Waals surface area contributed by atoms with Gasteiger partial charge in [-0.3, -0.25) is 4.68 Å². The molecule has 0 aliphatic carbocycles. The van der Waals surface area contributed by atoms with Gasteiger partial charge in [0.05, 0.1) is 22.2 Å². The molecule has 0 radical (unpaired) electrons. The fourth-order valence-electron chi connectivity index (χ4n) is 2.26. The molecule has 0 bridgehead atoms. The molecule has 0 amide bonds. The summed E-state index contributed by atoms with van der Waals surface area (Å²) in [5.74, 6) is 0.547. The predicted octanol–water partition coefficient (Wildman–Crippen LogP) is 2.01. The maximum Gasteiger partial charge on any atom is 0.192 e. The van der Waals surface area contributed by atoms with Crippen LogP contribution in [0, 0.1) is 0 Å². The molecular weight excluding hydrogens is 314 g/mol. The van der Waals surface area contributed by atoms with Crippen LogP contribution in [0.15, 0.2) is 35.2 Å². The third-order valence-corrected chi connectivity index (χ3v) is 4.36. The number of hydrogen-bond donors (Lipinski definition) is 0. The minimum absolute atomic E-state index is 0.201. The SMILES string of the molecule is CC(=NOCc1nc2c3cnn(C)c3ncn2n1)c1cccs1. The van der Waals surface area contributed by atoms with Gasteiger partial charge in [-0.25, -0.2) is 14.5 Å². The number of oxime groups is 1. The lowest BCUT2D eigenvalue weighted by Crippen LogP contribution is -1.96. The standard InChI is InChI=1S/C14H13N7OS/c1-9(11-4-3-5-23-11)19-22-7-12-17-14-10-6-16-20(2)13(10)15-8-21(14)18-12/h3-6,8H,7H2,1-2H3. The summed E-state index contributed by atoms with van der Waals surface area (Å²) in [5, 5.41) is 15.5. The summed E-state index contributed by atoms with van der Waals surface area (Å²) < 4.78 is 3.33. The monoisotopic (exact) mass is 327 g/mol. The number of thiophene rings is 1. The van der Waals surface area contributed by atoms with Crippen LogP contribution >= 0.6 is 11.3 Å². The molecule has 116 valence electrons. The van der Waals surface area contributed by atoms with Crippen molar-refractivity contribution in [2.45, 2.75) is 13.5 Å². The molecule has 4 aromatic rings. The van der Waals surface area contributed by atoms with E-state index in [1.54, 1.807) is 33.1 Å². The van der Waals surface area contributed by atoms with Gasteiger partial charge in [-0.1, -0.05) is 11.2 Å². The maximum atomic E-state index is 5.37. The van der Waals surface area contributed by atoms with Crippen molar-refractivity contribution in [2.24, 2.45) is 12.2 Å². The van der Waals surface area contributed by atoms with Crippen LogP contribution in [0.3, 0.4) is 0 Å². The Bertz CT molecular complexity index is 999. The first-order valence-electron chi connectivity index (χ1n) is 6.95. The van der Waals surface area contributed by atoms with E-state index in [9.17, 15) is 0 Å². The minimum Gasteiger partial charge on any atom is -0.387 e. The number of hydrogen-bond acceptors (Lipinski definition) is 7. The molecule has 0 atom stereocenters. The summed E-state index contributed by atoms with van der Waals surface area (Å²) >= 11 is 1.62. The average molecular weight is 327 g/mol. The molecule has 0 aliphatic rings. The van der Waals surface area contributed by atoms with Gasteiger partial charge in [-0.2, -0.15) is 5.10 Å². The van der Waals surface area contributed by atoms with Gasteiger partial charge in [0, 0.05) is 7.05 Å². The Kier molecular flexibility index (Phi) is 3.27. The summed E-state index contributed by atoms with van der Waals surface area (Å²) in [4.78, 5) is 15.2. The minimum atomic E-state index is 0.201. The van der Waals surface area contributed by atoms with Crippen LogP contribution in [0.4, 0.5) is 0 Å². The number of rotatable bonds is 4. The van der Waals surface area contributed by atoms with Crippen LogP contribution in [0.5, 0.6) is 0 Å². The second-order valence-corrected chi connectivity index (χ2v) is 5.92. The molecule has 0 fully saturated rings. The number of aryl methyl sites for hydroxylation is 1. The first-order chi connectivity index (χ1) is 11.2. The summed E-state index contributed by atoms with van der Waals surface area (Å²) in [6, 6.07) is 3.98. The van der Waals surface area contributed by atoms with E-state index in [4.69, 9.17) is 4.84 Å². The van der Waals surface area contributed by atoms with Crippen LogP contribution in [0.2, 0.25) is 0 Å². The molecule has 0 saturated carbocycles. The lowest BCUT2D eigenvalue weighted by atomic mass is 10.3. The highest BCUT2D eigenvalue weighted by molar-refractivity contribution is 7.12. The zero-order valence-corrected chi connectivity index (χ0v) is 13.4. The normalized spacial score (nSPS) is 12.3. The Hall–Kier alpha value is -2.81. The van der Waals surface area contributed by atoms with E-state index in [-0.39, 0.29) is 6.61 Å². The number of fused-ring (bicyclic) bond motifs is 3. The Morgan fingerprint density at radius 1 is 1.39 bits per heavy atom. The fourth-order valence-corrected chi connectivity index (χ4v) is 2.93. The largest absolute Gasteiger partial charge is 0.387 e. The van der Waals surface area contributed by atoms with E-state index >= 15 is 0 Å². The molecule has 8 nitrogen and oxygen atoms in total. The molecule has 4 rings (SSSR count). The van der Waals surface area contributed by atoms with Crippen molar-refractivity contribution in [1.29, 1.82) is 0 Å². The quantitative estimate of drug-likeness (QED) is 0.423. The summed E-state index contributed by atoms with van der Waals surface area (Å²) in [5.41, 5.74) is 2.31. The second-order valence-electron chi connectivity index (χ2n) is 4.97. The lowest BCUT2D eigenvalue weighted by Gasteiger charge is -1.97. The smallest absolute Gasteiger partial charge is 0.192 e. The third-order valence-electron chi connectivity index (χ3n) is 3.39. The van der Waals surface area contributed by atoms with Gasteiger partial charge in [0.15, 0.2) is 23.7 Å². The van der Waals surface area contributed by atoms with Crippen molar-refractivity contribution >= 4 is 33.7 Å². The third kappa shape index (κ3) is 2.44. The van der Waals surface area contributed by atoms with Gasteiger partial charge in [0.2, 0.25) is 0 Å². The van der Waals surface area contributed by atoms with E-state index in [0.717, 1.165) is 21.6 Å².